The number of amides is 1. The Labute approximate surface area is 409 Å². The van der Waals surface area contributed by atoms with Crippen molar-refractivity contribution in [1.29, 1.82) is 0 Å². The summed E-state index contributed by atoms with van der Waals surface area (Å²) in [6.07, 6.45) is 67.1. The lowest BCUT2D eigenvalue weighted by atomic mass is 10.0. The number of carbonyl (C=O) groups is 2. The second-order valence-electron chi connectivity index (χ2n) is 19.3. The lowest BCUT2D eigenvalue weighted by Gasteiger charge is -2.24. The van der Waals surface area contributed by atoms with Crippen molar-refractivity contribution in [1.82, 2.24) is 5.32 Å². The van der Waals surface area contributed by atoms with E-state index < -0.39 is 18.2 Å². The van der Waals surface area contributed by atoms with Gasteiger partial charge in [0.1, 0.15) is 6.10 Å². The molecule has 3 N–H and O–H groups in total. The van der Waals surface area contributed by atoms with E-state index >= 15 is 0 Å². The standard InChI is InChI=1S/C60H109NO5/c1-4-7-10-13-16-19-22-24-26-28-29-31-33-35-38-41-44-47-50-53-60(65)66-56(51-48-45-42-39-36-21-18-15-12-9-6-3)54-59(64)61-57(55-62)58(63)52-49-46-43-40-37-34-32-30-27-25-23-20-17-14-11-8-5-2/h7,10,16,19,24,26,29,31,35,38,56-58,62-63H,4-6,8-9,11-15,17-18,20-23,25,27-28,30,32-34,36-37,39-55H2,1-3H3,(H,61,64)/b10-7-,19-16-,26-24-,31-29-,38-35-. The Hall–Kier alpha value is -2.44. The van der Waals surface area contributed by atoms with Crippen LogP contribution in [0.15, 0.2) is 60.8 Å². The molecule has 0 spiro atoms. The number of aliphatic hydroxyl groups excluding tert-OH is 2. The molecular formula is C60H109NO5. The van der Waals surface area contributed by atoms with Crippen LogP contribution in [0.3, 0.4) is 0 Å². The number of ether oxygens (including phenoxy) is 1. The van der Waals surface area contributed by atoms with Crippen molar-refractivity contribution in [3.05, 3.63) is 60.8 Å². The van der Waals surface area contributed by atoms with Gasteiger partial charge in [-0.25, -0.2) is 0 Å². The normalized spacial score (nSPS) is 13.6. The van der Waals surface area contributed by atoms with Gasteiger partial charge in [0.2, 0.25) is 5.91 Å². The first-order valence-corrected chi connectivity index (χ1v) is 28.5. The van der Waals surface area contributed by atoms with E-state index in [0.29, 0.717) is 19.3 Å². The van der Waals surface area contributed by atoms with Gasteiger partial charge in [0.05, 0.1) is 25.2 Å². The summed E-state index contributed by atoms with van der Waals surface area (Å²) in [5.74, 6) is -0.503. The molecule has 0 aromatic carbocycles. The molecule has 0 saturated carbocycles. The molecule has 1 amide bonds. The topological polar surface area (TPSA) is 95.9 Å². The van der Waals surface area contributed by atoms with E-state index in [1.165, 1.54) is 141 Å². The van der Waals surface area contributed by atoms with E-state index in [9.17, 15) is 19.8 Å². The first-order chi connectivity index (χ1) is 32.5. The van der Waals surface area contributed by atoms with Crippen LogP contribution in [-0.4, -0.2) is 46.9 Å². The van der Waals surface area contributed by atoms with E-state index in [1.54, 1.807) is 0 Å². The molecule has 0 aliphatic carbocycles. The molecule has 0 aromatic heterocycles. The van der Waals surface area contributed by atoms with Gasteiger partial charge in [0, 0.05) is 6.42 Å². The number of unbranched alkanes of at least 4 members (excludes halogenated alkanes) is 29. The maximum absolute atomic E-state index is 13.2. The summed E-state index contributed by atoms with van der Waals surface area (Å²) in [6, 6.07) is -0.708. The van der Waals surface area contributed by atoms with Crippen LogP contribution in [0.2, 0.25) is 0 Å². The second kappa shape index (κ2) is 53.5. The Morgan fingerprint density at radius 3 is 1.23 bits per heavy atom. The van der Waals surface area contributed by atoms with Crippen molar-refractivity contribution in [3.63, 3.8) is 0 Å². The summed E-state index contributed by atoms with van der Waals surface area (Å²) in [4.78, 5) is 26.2. The minimum absolute atomic E-state index is 0.0654. The molecular weight excluding hydrogens is 815 g/mol. The summed E-state index contributed by atoms with van der Waals surface area (Å²) in [6.45, 7) is 6.38. The first-order valence-electron chi connectivity index (χ1n) is 28.5. The van der Waals surface area contributed by atoms with Gasteiger partial charge in [-0.3, -0.25) is 9.59 Å². The van der Waals surface area contributed by atoms with Crippen LogP contribution in [0.5, 0.6) is 0 Å². The molecule has 6 heteroatoms. The lowest BCUT2D eigenvalue weighted by Crippen LogP contribution is -2.46. The highest BCUT2D eigenvalue weighted by atomic mass is 16.5. The Kier molecular flexibility index (Phi) is 51.5. The number of esters is 1. The van der Waals surface area contributed by atoms with Gasteiger partial charge in [-0.2, -0.15) is 0 Å². The molecule has 0 saturated heterocycles. The largest absolute Gasteiger partial charge is 0.462 e. The Morgan fingerprint density at radius 1 is 0.455 bits per heavy atom. The SMILES string of the molecule is CC/C=C\C/C=C\C/C=C\C/C=C\C/C=C\CCCCCC(=O)OC(CCCCCCCCCCCCC)CC(=O)NC(CO)C(O)CCCCCCCCCCCCCCCCCCC. The van der Waals surface area contributed by atoms with Crippen molar-refractivity contribution in [2.45, 2.75) is 302 Å². The quantitative estimate of drug-likeness (QED) is 0.0321. The van der Waals surface area contributed by atoms with E-state index in [-0.39, 0.29) is 24.9 Å². The molecule has 0 heterocycles. The number of carbonyl (C=O) groups excluding carboxylic acids is 2. The zero-order chi connectivity index (χ0) is 48.1. The van der Waals surface area contributed by atoms with Gasteiger partial charge < -0.3 is 20.3 Å². The number of nitrogens with one attached hydrogen (secondary N) is 1. The van der Waals surface area contributed by atoms with Gasteiger partial charge >= 0.3 is 5.97 Å². The summed E-state index contributed by atoms with van der Waals surface area (Å²) in [5.41, 5.74) is 0. The minimum Gasteiger partial charge on any atom is -0.462 e. The molecule has 0 fully saturated rings. The number of hydrogen-bond donors (Lipinski definition) is 3. The molecule has 66 heavy (non-hydrogen) atoms. The summed E-state index contributed by atoms with van der Waals surface area (Å²) in [5, 5.41) is 23.9. The molecule has 0 aliphatic heterocycles. The third kappa shape index (κ3) is 48.0. The Morgan fingerprint density at radius 2 is 0.818 bits per heavy atom. The van der Waals surface area contributed by atoms with Crippen molar-refractivity contribution < 1.29 is 24.5 Å². The Bertz CT molecular complexity index is 1170. The molecule has 3 atom stereocenters. The summed E-state index contributed by atoms with van der Waals surface area (Å²) < 4.78 is 5.94. The van der Waals surface area contributed by atoms with Crippen molar-refractivity contribution in [2.75, 3.05) is 6.61 Å². The molecule has 6 nitrogen and oxygen atoms in total. The minimum atomic E-state index is -0.794. The average Bonchev–Trinajstić information content (AvgIpc) is 3.31. The predicted octanol–water partition coefficient (Wildman–Crippen LogP) is 17.6. The first kappa shape index (κ1) is 63.6. The van der Waals surface area contributed by atoms with E-state index in [4.69, 9.17) is 4.74 Å². The van der Waals surface area contributed by atoms with Gasteiger partial charge in [-0.05, 0) is 70.6 Å². The number of aliphatic hydroxyl groups is 2. The van der Waals surface area contributed by atoms with Gasteiger partial charge in [-0.1, -0.05) is 261 Å². The van der Waals surface area contributed by atoms with E-state index in [0.717, 1.165) is 96.3 Å². The smallest absolute Gasteiger partial charge is 0.306 e. The fraction of sp³-hybridized carbons (Fsp3) is 0.800. The fourth-order valence-corrected chi connectivity index (χ4v) is 8.58. The molecule has 0 radical (unpaired) electrons. The Balaban J connectivity index is 4.51. The van der Waals surface area contributed by atoms with Gasteiger partial charge in [0.25, 0.3) is 0 Å². The zero-order valence-electron chi connectivity index (χ0n) is 43.8. The second-order valence-corrected chi connectivity index (χ2v) is 19.3. The summed E-state index contributed by atoms with van der Waals surface area (Å²) in [7, 11) is 0. The van der Waals surface area contributed by atoms with Crippen molar-refractivity contribution in [2.24, 2.45) is 0 Å². The molecule has 0 rings (SSSR count). The maximum Gasteiger partial charge on any atom is 0.306 e. The number of rotatable bonds is 51. The fourth-order valence-electron chi connectivity index (χ4n) is 8.58. The third-order valence-electron chi connectivity index (χ3n) is 12.9. The maximum atomic E-state index is 13.2. The van der Waals surface area contributed by atoms with Crippen LogP contribution in [0.1, 0.15) is 284 Å². The van der Waals surface area contributed by atoms with Gasteiger partial charge in [-0.15, -0.1) is 0 Å². The lowest BCUT2D eigenvalue weighted by molar-refractivity contribution is -0.151. The van der Waals surface area contributed by atoms with Gasteiger partial charge in [0.15, 0.2) is 0 Å². The van der Waals surface area contributed by atoms with Crippen LogP contribution < -0.4 is 5.32 Å². The molecule has 0 aromatic rings. The number of hydrogen-bond acceptors (Lipinski definition) is 5. The highest BCUT2D eigenvalue weighted by Gasteiger charge is 2.24. The average molecular weight is 925 g/mol. The third-order valence-corrected chi connectivity index (χ3v) is 12.9. The van der Waals surface area contributed by atoms with E-state index in [2.05, 4.69) is 86.8 Å². The zero-order valence-corrected chi connectivity index (χ0v) is 43.8. The monoisotopic (exact) mass is 924 g/mol. The van der Waals surface area contributed by atoms with Crippen molar-refractivity contribution in [3.8, 4) is 0 Å². The van der Waals surface area contributed by atoms with Crippen LogP contribution in [0.4, 0.5) is 0 Å². The van der Waals surface area contributed by atoms with Crippen LogP contribution in [-0.2, 0) is 14.3 Å². The number of allylic oxidation sites excluding steroid dienone is 10. The molecule has 3 unspecified atom stereocenters. The highest BCUT2D eigenvalue weighted by molar-refractivity contribution is 5.77. The summed E-state index contributed by atoms with van der Waals surface area (Å²) >= 11 is 0. The predicted molar refractivity (Wildman–Crippen MR) is 287 cm³/mol. The van der Waals surface area contributed by atoms with Crippen molar-refractivity contribution >= 4 is 11.9 Å². The molecule has 384 valence electrons. The van der Waals surface area contributed by atoms with Crippen LogP contribution >= 0.6 is 0 Å². The molecule has 0 aliphatic rings. The van der Waals surface area contributed by atoms with E-state index in [1.807, 2.05) is 0 Å². The van der Waals surface area contributed by atoms with Crippen LogP contribution in [0, 0.1) is 0 Å². The molecule has 0 bridgehead atoms. The van der Waals surface area contributed by atoms with Crippen LogP contribution in [0.25, 0.3) is 0 Å². The highest BCUT2D eigenvalue weighted by Crippen LogP contribution is 2.18.